The molecule has 0 saturated heterocycles. The van der Waals surface area contributed by atoms with Crippen molar-refractivity contribution >= 4 is 27.5 Å². The Morgan fingerprint density at radius 1 is 1.61 bits per heavy atom. The molecule has 1 saturated carbocycles. The lowest BCUT2D eigenvalue weighted by atomic mass is 9.63. The van der Waals surface area contributed by atoms with E-state index in [1.54, 1.807) is 6.07 Å². The first-order chi connectivity index (χ1) is 8.47. The van der Waals surface area contributed by atoms with Crippen LogP contribution in [0.3, 0.4) is 0 Å². The second-order valence-corrected chi connectivity index (χ2v) is 5.70. The summed E-state index contributed by atoms with van der Waals surface area (Å²) in [5, 5.41) is 11.6. The molecule has 1 aromatic carbocycles. The molecule has 0 bridgehead atoms. The largest absolute Gasteiger partial charge is 0.322 e. The van der Waals surface area contributed by atoms with E-state index in [-0.39, 0.29) is 5.69 Å². The Labute approximate surface area is 113 Å². The predicted molar refractivity (Wildman–Crippen MR) is 69.2 cm³/mol. The number of anilines is 1. The molecule has 18 heavy (non-hydrogen) atoms. The fraction of sp³-hybridized carbons (Fsp3) is 0.385. The predicted octanol–water partition coefficient (Wildman–Crippen LogP) is 3.47. The topological polar surface area (TPSA) is 52.9 Å². The number of nitrogens with one attached hydrogen (secondary N) is 1. The van der Waals surface area contributed by atoms with Gasteiger partial charge in [-0.3, -0.25) is 4.79 Å². The standard InChI is InChI=1S/C13H12BrFN2O/c1-8-5-13(6-8,7-16)12(18)17-11-3-2-9(14)4-10(11)15/h2-4,8H,5-6H2,1H3,(H,17,18). The first-order valence-corrected chi connectivity index (χ1v) is 6.44. The molecular weight excluding hydrogens is 299 g/mol. The van der Waals surface area contributed by atoms with Gasteiger partial charge in [-0.2, -0.15) is 5.26 Å². The number of rotatable bonds is 2. The second-order valence-electron chi connectivity index (χ2n) is 4.79. The number of amides is 1. The maximum absolute atomic E-state index is 13.6. The average Bonchev–Trinajstić information content (AvgIpc) is 2.28. The normalized spacial score (nSPS) is 26.0. The van der Waals surface area contributed by atoms with E-state index in [9.17, 15) is 9.18 Å². The number of nitriles is 1. The van der Waals surface area contributed by atoms with Crippen LogP contribution in [0.15, 0.2) is 22.7 Å². The second kappa shape index (κ2) is 4.69. The van der Waals surface area contributed by atoms with E-state index in [1.165, 1.54) is 12.1 Å². The van der Waals surface area contributed by atoms with E-state index in [1.807, 2.05) is 6.92 Å². The molecule has 1 aliphatic carbocycles. The summed E-state index contributed by atoms with van der Waals surface area (Å²) in [7, 11) is 0. The van der Waals surface area contributed by atoms with Gasteiger partial charge in [0.15, 0.2) is 0 Å². The Kier molecular flexibility index (Phi) is 3.40. The smallest absolute Gasteiger partial charge is 0.244 e. The van der Waals surface area contributed by atoms with Crippen molar-refractivity contribution in [3.8, 4) is 6.07 Å². The number of carbonyl (C=O) groups excluding carboxylic acids is 1. The van der Waals surface area contributed by atoms with E-state index in [4.69, 9.17) is 5.26 Å². The minimum atomic E-state index is -0.987. The van der Waals surface area contributed by atoms with Gasteiger partial charge in [0.25, 0.3) is 0 Å². The van der Waals surface area contributed by atoms with Gasteiger partial charge in [0.2, 0.25) is 5.91 Å². The van der Waals surface area contributed by atoms with Gasteiger partial charge in [0.05, 0.1) is 11.8 Å². The van der Waals surface area contributed by atoms with Crippen molar-refractivity contribution < 1.29 is 9.18 Å². The Morgan fingerprint density at radius 2 is 2.28 bits per heavy atom. The highest BCUT2D eigenvalue weighted by Crippen LogP contribution is 2.45. The molecular formula is C13H12BrFN2O. The summed E-state index contributed by atoms with van der Waals surface area (Å²) >= 11 is 3.14. The maximum atomic E-state index is 13.6. The minimum absolute atomic E-state index is 0.109. The summed E-state index contributed by atoms with van der Waals surface area (Å²) in [6, 6.07) is 6.44. The van der Waals surface area contributed by atoms with Gasteiger partial charge in [-0.25, -0.2) is 4.39 Å². The van der Waals surface area contributed by atoms with Gasteiger partial charge in [0.1, 0.15) is 11.2 Å². The molecule has 0 unspecified atom stereocenters. The summed E-state index contributed by atoms with van der Waals surface area (Å²) in [4.78, 5) is 12.0. The fourth-order valence-electron chi connectivity index (χ4n) is 2.29. The number of carbonyl (C=O) groups is 1. The number of nitrogens with zero attached hydrogens (tertiary/aromatic N) is 1. The third-order valence-electron chi connectivity index (χ3n) is 3.22. The highest BCUT2D eigenvalue weighted by Gasteiger charge is 2.49. The average molecular weight is 311 g/mol. The number of hydrogen-bond acceptors (Lipinski definition) is 2. The van der Waals surface area contributed by atoms with Gasteiger partial charge in [-0.15, -0.1) is 0 Å². The zero-order valence-electron chi connectivity index (χ0n) is 9.84. The lowest BCUT2D eigenvalue weighted by molar-refractivity contribution is -0.128. The van der Waals surface area contributed by atoms with Crippen LogP contribution < -0.4 is 5.32 Å². The number of hydrogen-bond donors (Lipinski definition) is 1. The summed E-state index contributed by atoms with van der Waals surface area (Å²) < 4.78 is 14.2. The molecule has 0 heterocycles. The van der Waals surface area contributed by atoms with Gasteiger partial charge in [-0.05, 0) is 37.0 Å². The molecule has 0 atom stereocenters. The molecule has 5 heteroatoms. The van der Waals surface area contributed by atoms with Crippen molar-refractivity contribution in [3.63, 3.8) is 0 Å². The Bertz CT molecular complexity index is 532. The Morgan fingerprint density at radius 3 is 2.78 bits per heavy atom. The molecule has 0 aliphatic heterocycles. The molecule has 0 aromatic heterocycles. The third-order valence-corrected chi connectivity index (χ3v) is 3.72. The Balaban J connectivity index is 2.15. The molecule has 1 aromatic rings. The van der Waals surface area contributed by atoms with Crippen molar-refractivity contribution in [1.82, 2.24) is 0 Å². The van der Waals surface area contributed by atoms with E-state index >= 15 is 0 Å². The monoisotopic (exact) mass is 310 g/mol. The van der Waals surface area contributed by atoms with Gasteiger partial charge >= 0.3 is 0 Å². The Hall–Kier alpha value is -1.41. The summed E-state index contributed by atoms with van der Waals surface area (Å²) in [6.45, 7) is 1.99. The van der Waals surface area contributed by atoms with Crippen LogP contribution in [0.25, 0.3) is 0 Å². The van der Waals surface area contributed by atoms with Gasteiger partial charge in [0, 0.05) is 4.47 Å². The van der Waals surface area contributed by atoms with E-state index in [0.29, 0.717) is 23.2 Å². The summed E-state index contributed by atoms with van der Waals surface area (Å²) in [5.74, 6) is -0.562. The van der Waals surface area contributed by atoms with Crippen molar-refractivity contribution in [3.05, 3.63) is 28.5 Å². The van der Waals surface area contributed by atoms with E-state index in [2.05, 4.69) is 27.3 Å². The maximum Gasteiger partial charge on any atom is 0.244 e. The van der Waals surface area contributed by atoms with Crippen LogP contribution in [-0.4, -0.2) is 5.91 Å². The van der Waals surface area contributed by atoms with Crippen LogP contribution >= 0.6 is 15.9 Å². The zero-order chi connectivity index (χ0) is 13.3. The summed E-state index contributed by atoms with van der Waals surface area (Å²) in [5.41, 5.74) is -0.878. The first-order valence-electron chi connectivity index (χ1n) is 5.64. The fourth-order valence-corrected chi connectivity index (χ4v) is 2.62. The van der Waals surface area contributed by atoms with Gasteiger partial charge < -0.3 is 5.32 Å². The third kappa shape index (κ3) is 2.25. The van der Waals surface area contributed by atoms with Crippen molar-refractivity contribution in [2.24, 2.45) is 11.3 Å². The zero-order valence-corrected chi connectivity index (χ0v) is 11.4. The lowest BCUT2D eigenvalue weighted by Gasteiger charge is -2.39. The van der Waals surface area contributed by atoms with E-state index in [0.717, 1.165) is 0 Å². The number of benzene rings is 1. The summed E-state index contributed by atoms with van der Waals surface area (Å²) in [6.07, 6.45) is 1.07. The van der Waals surface area contributed by atoms with Crippen LogP contribution in [0, 0.1) is 28.5 Å². The molecule has 3 nitrogen and oxygen atoms in total. The van der Waals surface area contributed by atoms with E-state index < -0.39 is 17.1 Å². The SMILES string of the molecule is CC1CC(C#N)(C(=O)Nc2ccc(Br)cc2F)C1. The van der Waals surface area contributed by atoms with Crippen LogP contribution in [0.2, 0.25) is 0 Å². The minimum Gasteiger partial charge on any atom is -0.322 e. The van der Waals surface area contributed by atoms with Crippen LogP contribution in [-0.2, 0) is 4.79 Å². The number of halogens is 2. The molecule has 0 radical (unpaired) electrons. The quantitative estimate of drug-likeness (QED) is 0.909. The molecule has 1 aliphatic rings. The van der Waals surface area contributed by atoms with Crippen molar-refractivity contribution in [2.75, 3.05) is 5.32 Å². The molecule has 1 fully saturated rings. The highest BCUT2D eigenvalue weighted by atomic mass is 79.9. The van der Waals surface area contributed by atoms with Crippen molar-refractivity contribution in [2.45, 2.75) is 19.8 Å². The molecule has 94 valence electrons. The molecule has 1 amide bonds. The van der Waals surface area contributed by atoms with Crippen molar-refractivity contribution in [1.29, 1.82) is 5.26 Å². The molecule has 1 N–H and O–H groups in total. The molecule has 2 rings (SSSR count). The first kappa shape index (κ1) is 13.0. The van der Waals surface area contributed by atoms with Crippen LogP contribution in [0.5, 0.6) is 0 Å². The van der Waals surface area contributed by atoms with Crippen LogP contribution in [0.1, 0.15) is 19.8 Å². The molecule has 0 spiro atoms. The lowest BCUT2D eigenvalue weighted by Crippen LogP contribution is -2.45. The van der Waals surface area contributed by atoms with Gasteiger partial charge in [-0.1, -0.05) is 22.9 Å². The van der Waals surface area contributed by atoms with Crippen LogP contribution in [0.4, 0.5) is 10.1 Å². The highest BCUT2D eigenvalue weighted by molar-refractivity contribution is 9.10.